The van der Waals surface area contributed by atoms with Crippen LogP contribution >= 0.6 is 50.7 Å². The lowest BCUT2D eigenvalue weighted by molar-refractivity contribution is 0.482. The van der Waals surface area contributed by atoms with Gasteiger partial charge in [-0.2, -0.15) is 0 Å². The van der Waals surface area contributed by atoms with E-state index in [0.29, 0.717) is 26.6 Å². The van der Waals surface area contributed by atoms with Crippen LogP contribution in [-0.4, -0.2) is 6.54 Å². The van der Waals surface area contributed by atoms with Gasteiger partial charge in [0.05, 0.1) is 15.1 Å². The number of benzene rings is 2. The third-order valence-electron chi connectivity index (χ3n) is 2.79. The molecule has 0 heterocycles. The Morgan fingerprint density at radius 1 is 1.05 bits per heavy atom. The maximum atomic E-state index is 6.10. The van der Waals surface area contributed by atoms with Crippen molar-refractivity contribution in [1.82, 2.24) is 5.32 Å². The highest BCUT2D eigenvalue weighted by Gasteiger charge is 2.09. The predicted octanol–water partition coefficient (Wildman–Crippen LogP) is 6.31. The van der Waals surface area contributed by atoms with Crippen LogP contribution in [0.25, 0.3) is 0 Å². The van der Waals surface area contributed by atoms with Crippen LogP contribution < -0.4 is 10.1 Å². The number of rotatable bonds is 5. The number of hydrogen-bond donors (Lipinski definition) is 1. The summed E-state index contributed by atoms with van der Waals surface area (Å²) >= 11 is 21.5. The van der Waals surface area contributed by atoms with Crippen LogP contribution in [0.1, 0.15) is 12.5 Å². The highest BCUT2D eigenvalue weighted by molar-refractivity contribution is 9.10. The van der Waals surface area contributed by atoms with Crippen LogP contribution in [0.15, 0.2) is 34.8 Å². The van der Waals surface area contributed by atoms with Gasteiger partial charge in [-0.1, -0.05) is 63.7 Å². The summed E-state index contributed by atoms with van der Waals surface area (Å²) in [5.74, 6) is 1.14. The number of hydrogen-bond acceptors (Lipinski definition) is 2. The van der Waals surface area contributed by atoms with Crippen LogP contribution in [0.3, 0.4) is 0 Å². The first-order valence-electron chi connectivity index (χ1n) is 6.32. The highest BCUT2D eigenvalue weighted by Crippen LogP contribution is 2.37. The predicted molar refractivity (Wildman–Crippen MR) is 93.1 cm³/mol. The minimum atomic E-state index is 0.399. The van der Waals surface area contributed by atoms with E-state index < -0.39 is 0 Å². The van der Waals surface area contributed by atoms with Gasteiger partial charge in [0.2, 0.25) is 0 Å². The van der Waals surface area contributed by atoms with Crippen LogP contribution in [-0.2, 0) is 6.54 Å². The van der Waals surface area contributed by atoms with Gasteiger partial charge in [-0.05, 0) is 30.3 Å². The summed E-state index contributed by atoms with van der Waals surface area (Å²) in [7, 11) is 0. The second kappa shape index (κ2) is 7.70. The summed E-state index contributed by atoms with van der Waals surface area (Å²) in [6.45, 7) is 3.78. The summed E-state index contributed by atoms with van der Waals surface area (Å²) in [6, 6.07) is 8.94. The van der Waals surface area contributed by atoms with Crippen molar-refractivity contribution >= 4 is 50.7 Å². The molecule has 0 aliphatic rings. The molecule has 2 nitrogen and oxygen atoms in total. The maximum absolute atomic E-state index is 6.10. The molecule has 1 N–H and O–H groups in total. The van der Waals surface area contributed by atoms with Crippen molar-refractivity contribution in [3.63, 3.8) is 0 Å². The normalized spacial score (nSPS) is 10.7. The standard InChI is InChI=1S/C15H13BrCl3NO/c1-2-20-8-9-3-4-10(5-11(9)16)21-15-7-13(18)12(17)6-14(15)19/h3-7,20H,2,8H2,1H3. The van der Waals surface area contributed by atoms with E-state index in [0.717, 1.165) is 23.1 Å². The first kappa shape index (κ1) is 16.9. The molecule has 0 bridgehead atoms. The molecule has 0 aliphatic heterocycles. The molecule has 0 saturated carbocycles. The lowest BCUT2D eigenvalue weighted by atomic mass is 10.2. The zero-order valence-corrected chi connectivity index (χ0v) is 15.1. The Labute approximate surface area is 147 Å². The van der Waals surface area contributed by atoms with Crippen molar-refractivity contribution in [1.29, 1.82) is 0 Å². The third kappa shape index (κ3) is 4.51. The molecule has 0 aromatic heterocycles. The fourth-order valence-corrected chi connectivity index (χ4v) is 2.78. The van der Waals surface area contributed by atoms with E-state index in [1.807, 2.05) is 18.2 Å². The Morgan fingerprint density at radius 3 is 2.43 bits per heavy atom. The molecule has 0 amide bonds. The lowest BCUT2D eigenvalue weighted by Gasteiger charge is -2.11. The highest BCUT2D eigenvalue weighted by atomic mass is 79.9. The Bertz CT molecular complexity index is 649. The van der Waals surface area contributed by atoms with Crippen LogP contribution in [0.2, 0.25) is 15.1 Å². The molecule has 0 spiro atoms. The smallest absolute Gasteiger partial charge is 0.147 e. The lowest BCUT2D eigenvalue weighted by Crippen LogP contribution is -2.11. The molecule has 2 aromatic rings. The quantitative estimate of drug-likeness (QED) is 0.584. The summed E-state index contributed by atoms with van der Waals surface area (Å²) in [5.41, 5.74) is 1.16. The van der Waals surface area contributed by atoms with Gasteiger partial charge in [0.15, 0.2) is 0 Å². The van der Waals surface area contributed by atoms with Gasteiger partial charge in [-0.25, -0.2) is 0 Å². The fraction of sp³-hybridized carbons (Fsp3) is 0.200. The van der Waals surface area contributed by atoms with E-state index >= 15 is 0 Å². The largest absolute Gasteiger partial charge is 0.456 e. The molecule has 0 aliphatic carbocycles. The fourth-order valence-electron chi connectivity index (χ4n) is 1.70. The summed E-state index contributed by atoms with van der Waals surface area (Å²) in [6.07, 6.45) is 0. The second-order valence-electron chi connectivity index (χ2n) is 4.33. The molecule has 0 unspecified atom stereocenters. The first-order chi connectivity index (χ1) is 10.0. The second-order valence-corrected chi connectivity index (χ2v) is 6.41. The molecule has 2 rings (SSSR count). The zero-order chi connectivity index (χ0) is 15.4. The van der Waals surface area contributed by atoms with Gasteiger partial charge in [0.1, 0.15) is 11.5 Å². The van der Waals surface area contributed by atoms with Crippen molar-refractivity contribution in [3.8, 4) is 11.5 Å². The molecule has 21 heavy (non-hydrogen) atoms. The van der Waals surface area contributed by atoms with Crippen molar-refractivity contribution in [2.75, 3.05) is 6.54 Å². The minimum absolute atomic E-state index is 0.399. The van der Waals surface area contributed by atoms with Crippen LogP contribution in [0.5, 0.6) is 11.5 Å². The summed E-state index contributed by atoms with van der Waals surface area (Å²) in [5, 5.41) is 4.49. The molecule has 6 heteroatoms. The van der Waals surface area contributed by atoms with E-state index in [2.05, 4.69) is 28.2 Å². The maximum Gasteiger partial charge on any atom is 0.147 e. The summed E-state index contributed by atoms with van der Waals surface area (Å²) < 4.78 is 6.73. The molecular weight excluding hydrogens is 396 g/mol. The monoisotopic (exact) mass is 407 g/mol. The van der Waals surface area contributed by atoms with Crippen molar-refractivity contribution < 1.29 is 4.74 Å². The number of nitrogens with one attached hydrogen (secondary N) is 1. The Morgan fingerprint density at radius 2 is 1.76 bits per heavy atom. The van der Waals surface area contributed by atoms with Crippen molar-refractivity contribution in [2.24, 2.45) is 0 Å². The van der Waals surface area contributed by atoms with Gasteiger partial charge in [-0.3, -0.25) is 0 Å². The average Bonchev–Trinajstić information content (AvgIpc) is 2.44. The molecule has 0 fully saturated rings. The van der Waals surface area contributed by atoms with E-state index in [9.17, 15) is 0 Å². The Hall–Kier alpha value is -0.450. The Kier molecular flexibility index (Phi) is 6.20. The van der Waals surface area contributed by atoms with E-state index in [-0.39, 0.29) is 0 Å². The molecule has 0 atom stereocenters. The number of ether oxygens (including phenoxy) is 1. The summed E-state index contributed by atoms with van der Waals surface area (Å²) in [4.78, 5) is 0. The van der Waals surface area contributed by atoms with E-state index in [1.54, 1.807) is 12.1 Å². The molecule has 2 aromatic carbocycles. The minimum Gasteiger partial charge on any atom is -0.456 e. The van der Waals surface area contributed by atoms with E-state index in [1.165, 1.54) is 0 Å². The van der Waals surface area contributed by atoms with Crippen LogP contribution in [0, 0.1) is 0 Å². The zero-order valence-electron chi connectivity index (χ0n) is 11.2. The van der Waals surface area contributed by atoms with Crippen LogP contribution in [0.4, 0.5) is 0 Å². The van der Waals surface area contributed by atoms with Gasteiger partial charge in [0, 0.05) is 17.1 Å². The van der Waals surface area contributed by atoms with Gasteiger partial charge in [0.25, 0.3) is 0 Å². The van der Waals surface area contributed by atoms with E-state index in [4.69, 9.17) is 39.5 Å². The molecule has 0 radical (unpaired) electrons. The van der Waals surface area contributed by atoms with Crippen molar-refractivity contribution in [2.45, 2.75) is 13.5 Å². The molecular formula is C15H13BrCl3NO. The molecule has 0 saturated heterocycles. The molecule has 112 valence electrons. The Balaban J connectivity index is 2.20. The van der Waals surface area contributed by atoms with Gasteiger partial charge >= 0.3 is 0 Å². The van der Waals surface area contributed by atoms with Crippen molar-refractivity contribution in [3.05, 3.63) is 55.4 Å². The third-order valence-corrected chi connectivity index (χ3v) is 4.55. The van der Waals surface area contributed by atoms with Gasteiger partial charge in [-0.15, -0.1) is 0 Å². The SMILES string of the molecule is CCNCc1ccc(Oc2cc(Cl)c(Cl)cc2Cl)cc1Br. The van der Waals surface area contributed by atoms with Gasteiger partial charge < -0.3 is 10.1 Å². The average molecular weight is 410 g/mol. The number of halogens is 4. The topological polar surface area (TPSA) is 21.3 Å². The first-order valence-corrected chi connectivity index (χ1v) is 8.25.